The van der Waals surface area contributed by atoms with Crippen LogP contribution in [-0.4, -0.2) is 45.1 Å². The molecule has 1 saturated carbocycles. The molecule has 4 aliphatic rings. The number of nitrogens with zero attached hydrogens (tertiary/aromatic N) is 6. The van der Waals surface area contributed by atoms with Crippen molar-refractivity contribution >= 4 is 11.8 Å². The van der Waals surface area contributed by atoms with Gasteiger partial charge >= 0.3 is 0 Å². The molecular weight excluding hydrogens is 319 g/mol. The summed E-state index contributed by atoms with van der Waals surface area (Å²) < 4.78 is 14.9. The zero-order valence-corrected chi connectivity index (χ0v) is 14.5. The third-order valence-corrected chi connectivity index (χ3v) is 5.45. The van der Waals surface area contributed by atoms with Crippen molar-refractivity contribution in [3.8, 4) is 0 Å². The van der Waals surface area contributed by atoms with Crippen LogP contribution in [0.15, 0.2) is 12.4 Å². The molecule has 25 heavy (non-hydrogen) atoms. The van der Waals surface area contributed by atoms with Crippen LogP contribution >= 0.6 is 0 Å². The highest BCUT2D eigenvalue weighted by Crippen LogP contribution is 2.44. The zero-order chi connectivity index (χ0) is 17.1. The Hall–Kier alpha value is -2.31. The second-order valence-electron chi connectivity index (χ2n) is 7.48. The van der Waals surface area contributed by atoms with E-state index >= 15 is 0 Å². The van der Waals surface area contributed by atoms with Gasteiger partial charge in [-0.1, -0.05) is 0 Å². The van der Waals surface area contributed by atoms with Gasteiger partial charge < -0.3 is 9.80 Å². The van der Waals surface area contributed by atoms with E-state index in [0.29, 0.717) is 17.4 Å². The number of piperidine rings is 1. The van der Waals surface area contributed by atoms with E-state index in [9.17, 15) is 4.39 Å². The highest BCUT2D eigenvalue weighted by Gasteiger charge is 2.47. The van der Waals surface area contributed by atoms with E-state index in [0.717, 1.165) is 49.7 Å². The van der Waals surface area contributed by atoms with Gasteiger partial charge in [0.25, 0.3) is 0 Å². The van der Waals surface area contributed by atoms with Gasteiger partial charge in [-0.15, -0.1) is 0 Å². The Morgan fingerprint density at radius 2 is 1.72 bits per heavy atom. The molecule has 0 radical (unpaired) electrons. The molecule has 5 heterocycles. The van der Waals surface area contributed by atoms with Crippen molar-refractivity contribution in [3.05, 3.63) is 35.3 Å². The largest absolute Gasteiger partial charge is 0.344 e. The van der Waals surface area contributed by atoms with Crippen molar-refractivity contribution in [2.24, 2.45) is 0 Å². The molecular formula is C18H21FN6. The number of hydrogen-bond acceptors (Lipinski definition) is 6. The molecule has 0 spiro atoms. The Morgan fingerprint density at radius 3 is 2.36 bits per heavy atom. The van der Waals surface area contributed by atoms with Crippen molar-refractivity contribution in [1.29, 1.82) is 0 Å². The van der Waals surface area contributed by atoms with Crippen molar-refractivity contribution in [3.63, 3.8) is 0 Å². The Balaban J connectivity index is 1.39. The molecule has 2 aromatic rings. The molecule has 130 valence electrons. The molecule has 2 aromatic heterocycles. The Bertz CT molecular complexity index is 804. The molecule has 2 unspecified atom stereocenters. The lowest BCUT2D eigenvalue weighted by atomic mass is 9.87. The normalized spacial score (nSPS) is 25.1. The van der Waals surface area contributed by atoms with Crippen LogP contribution in [0.2, 0.25) is 0 Å². The Kier molecular flexibility index (Phi) is 3.20. The average molecular weight is 340 g/mol. The van der Waals surface area contributed by atoms with Crippen LogP contribution in [-0.2, 0) is 0 Å². The average Bonchev–Trinajstić information content (AvgIpc) is 3.41. The molecule has 2 atom stereocenters. The lowest BCUT2D eigenvalue weighted by molar-refractivity contribution is 0.282. The number of anilines is 2. The third-order valence-electron chi connectivity index (χ3n) is 5.45. The predicted molar refractivity (Wildman–Crippen MR) is 92.4 cm³/mol. The number of piperazine rings is 1. The van der Waals surface area contributed by atoms with Crippen molar-refractivity contribution in [2.75, 3.05) is 22.9 Å². The second-order valence-corrected chi connectivity index (χ2v) is 7.48. The first kappa shape index (κ1) is 15.0. The van der Waals surface area contributed by atoms with Gasteiger partial charge in [0.15, 0.2) is 11.6 Å². The second kappa shape index (κ2) is 5.34. The smallest absolute Gasteiger partial charge is 0.225 e. The van der Waals surface area contributed by atoms with Crippen LogP contribution in [0.25, 0.3) is 0 Å². The van der Waals surface area contributed by atoms with E-state index in [4.69, 9.17) is 0 Å². The number of aryl methyl sites for hydroxylation is 2. The fourth-order valence-electron chi connectivity index (χ4n) is 4.16. The van der Waals surface area contributed by atoms with Gasteiger partial charge in [-0.2, -0.15) is 0 Å². The summed E-state index contributed by atoms with van der Waals surface area (Å²) in [5, 5.41) is 0. The Morgan fingerprint density at radius 1 is 1.04 bits per heavy atom. The SMILES string of the molecule is Cc1cc(C)nc(N2CC3CC(C2)N3c2ncnc(C3CC3)c2F)n1. The molecule has 2 bridgehead atoms. The molecule has 7 heteroatoms. The summed E-state index contributed by atoms with van der Waals surface area (Å²) in [7, 11) is 0. The molecule has 1 aliphatic carbocycles. The third kappa shape index (κ3) is 2.44. The predicted octanol–water partition coefficient (Wildman–Crippen LogP) is 2.37. The maximum Gasteiger partial charge on any atom is 0.225 e. The van der Waals surface area contributed by atoms with E-state index < -0.39 is 0 Å². The highest BCUT2D eigenvalue weighted by molar-refractivity contribution is 5.52. The topological polar surface area (TPSA) is 58.0 Å². The number of hydrogen-bond donors (Lipinski definition) is 0. The van der Waals surface area contributed by atoms with Gasteiger partial charge in [-0.3, -0.25) is 0 Å². The fourth-order valence-corrected chi connectivity index (χ4v) is 4.16. The quantitative estimate of drug-likeness (QED) is 0.855. The molecule has 6 rings (SSSR count). The number of rotatable bonds is 3. The summed E-state index contributed by atoms with van der Waals surface area (Å²) in [5.74, 6) is 1.35. The first-order valence-corrected chi connectivity index (χ1v) is 8.96. The van der Waals surface area contributed by atoms with Crippen LogP contribution in [0.4, 0.5) is 16.2 Å². The molecule has 0 aromatic carbocycles. The van der Waals surface area contributed by atoms with Gasteiger partial charge in [0, 0.05) is 30.4 Å². The zero-order valence-electron chi connectivity index (χ0n) is 14.5. The van der Waals surface area contributed by atoms with Crippen molar-refractivity contribution in [2.45, 2.75) is 51.1 Å². The summed E-state index contributed by atoms with van der Waals surface area (Å²) in [5.41, 5.74) is 2.56. The summed E-state index contributed by atoms with van der Waals surface area (Å²) in [6, 6.07) is 2.51. The molecule has 0 amide bonds. The lowest BCUT2D eigenvalue weighted by Gasteiger charge is -2.56. The van der Waals surface area contributed by atoms with Gasteiger partial charge in [-0.05, 0) is 39.2 Å². The van der Waals surface area contributed by atoms with Gasteiger partial charge in [0.1, 0.15) is 6.33 Å². The maximum atomic E-state index is 14.9. The minimum absolute atomic E-state index is 0.212. The maximum absolute atomic E-state index is 14.9. The summed E-state index contributed by atoms with van der Waals surface area (Å²) in [6.45, 7) is 5.60. The lowest BCUT2D eigenvalue weighted by Crippen LogP contribution is -2.70. The first-order valence-electron chi connectivity index (χ1n) is 8.96. The van der Waals surface area contributed by atoms with Crippen molar-refractivity contribution in [1.82, 2.24) is 19.9 Å². The van der Waals surface area contributed by atoms with Crippen LogP contribution in [0.1, 0.15) is 42.3 Å². The van der Waals surface area contributed by atoms with E-state index in [-0.39, 0.29) is 17.9 Å². The van der Waals surface area contributed by atoms with E-state index in [1.54, 1.807) is 0 Å². The van der Waals surface area contributed by atoms with Crippen LogP contribution in [0, 0.1) is 19.7 Å². The number of aromatic nitrogens is 4. The number of fused-ring (bicyclic) bond motifs is 2. The number of halogens is 1. The summed E-state index contributed by atoms with van der Waals surface area (Å²) in [4.78, 5) is 21.9. The van der Waals surface area contributed by atoms with Crippen LogP contribution in [0.5, 0.6) is 0 Å². The minimum Gasteiger partial charge on any atom is -0.344 e. The molecule has 0 N–H and O–H groups in total. The van der Waals surface area contributed by atoms with E-state index in [2.05, 4.69) is 29.7 Å². The van der Waals surface area contributed by atoms with Gasteiger partial charge in [-0.25, -0.2) is 24.3 Å². The van der Waals surface area contributed by atoms with E-state index in [1.807, 2.05) is 19.9 Å². The van der Waals surface area contributed by atoms with Crippen LogP contribution in [0.3, 0.4) is 0 Å². The standard InChI is InChI=1S/C18H21FN6/c1-10-5-11(2)23-18(22-10)24-7-13-6-14(8-24)25(13)17-15(19)16(12-3-4-12)20-9-21-17/h5,9,12-14H,3-4,6-8H2,1-2H3. The fraction of sp³-hybridized carbons (Fsp3) is 0.556. The monoisotopic (exact) mass is 340 g/mol. The molecule has 6 nitrogen and oxygen atoms in total. The molecule has 4 fully saturated rings. The first-order chi connectivity index (χ1) is 12.1. The Labute approximate surface area is 146 Å². The van der Waals surface area contributed by atoms with Crippen molar-refractivity contribution < 1.29 is 4.39 Å². The molecule has 3 aliphatic heterocycles. The highest BCUT2D eigenvalue weighted by atomic mass is 19.1. The summed E-state index contributed by atoms with van der Waals surface area (Å²) in [6.07, 6.45) is 4.67. The molecule has 3 saturated heterocycles. The van der Waals surface area contributed by atoms with Gasteiger partial charge in [0.2, 0.25) is 5.95 Å². The summed E-state index contributed by atoms with van der Waals surface area (Å²) >= 11 is 0. The van der Waals surface area contributed by atoms with E-state index in [1.165, 1.54) is 6.33 Å². The van der Waals surface area contributed by atoms with Crippen LogP contribution < -0.4 is 9.80 Å². The van der Waals surface area contributed by atoms with Gasteiger partial charge in [0.05, 0.1) is 17.8 Å². The minimum atomic E-state index is -0.212.